The summed E-state index contributed by atoms with van der Waals surface area (Å²) in [5, 5.41) is 3.03. The molecule has 128 valence electrons. The van der Waals surface area contributed by atoms with Crippen LogP contribution in [0.3, 0.4) is 0 Å². The zero-order valence-electron chi connectivity index (χ0n) is 14.1. The molecule has 2 aromatic heterocycles. The minimum Gasteiger partial charge on any atom is -0.465 e. The summed E-state index contributed by atoms with van der Waals surface area (Å²) in [6, 6.07) is 4.12. The van der Waals surface area contributed by atoms with Crippen LogP contribution >= 0.6 is 0 Å². The van der Waals surface area contributed by atoms with Crippen molar-refractivity contribution in [3.8, 4) is 0 Å². The molecular weight excluding hydrogens is 304 g/mol. The summed E-state index contributed by atoms with van der Waals surface area (Å²) in [7, 11) is 0. The number of imidazole rings is 1. The summed E-state index contributed by atoms with van der Waals surface area (Å²) in [4.78, 5) is 18.7. The fraction of sp³-hybridized carbons (Fsp3) is 0.556. The van der Waals surface area contributed by atoms with E-state index < -0.39 is 0 Å². The molecule has 0 spiro atoms. The van der Waals surface area contributed by atoms with Gasteiger partial charge in [0.05, 0.1) is 31.5 Å². The lowest BCUT2D eigenvalue weighted by molar-refractivity contribution is -0.122. The summed E-state index contributed by atoms with van der Waals surface area (Å²) in [5.74, 6) is 3.57. The standard InChI is InChI=1S/C18H24N4O2/c1-2-15-5-6-16(24-15)11-21-7-8-22-14(9-19-17(22)12-21)10-20-18(23)13-3-4-13/h5-6,9,13H,2-4,7-8,10-12H2,1H3,(H,20,23). The number of carbonyl (C=O) groups excluding carboxylic acids is 1. The second kappa shape index (κ2) is 6.43. The number of aryl methyl sites for hydroxylation is 1. The number of carbonyl (C=O) groups is 1. The van der Waals surface area contributed by atoms with Crippen molar-refractivity contribution < 1.29 is 9.21 Å². The van der Waals surface area contributed by atoms with Gasteiger partial charge in [-0.2, -0.15) is 0 Å². The molecule has 1 aliphatic carbocycles. The van der Waals surface area contributed by atoms with Gasteiger partial charge in [-0.1, -0.05) is 6.92 Å². The number of hydrogen-bond acceptors (Lipinski definition) is 4. The highest BCUT2D eigenvalue weighted by Crippen LogP contribution is 2.28. The Morgan fingerprint density at radius 2 is 2.17 bits per heavy atom. The molecule has 1 saturated carbocycles. The van der Waals surface area contributed by atoms with Crippen molar-refractivity contribution in [1.29, 1.82) is 0 Å². The molecule has 0 aromatic carbocycles. The highest BCUT2D eigenvalue weighted by molar-refractivity contribution is 5.80. The van der Waals surface area contributed by atoms with Crippen molar-refractivity contribution in [1.82, 2.24) is 19.8 Å². The van der Waals surface area contributed by atoms with Crippen LogP contribution in [0.2, 0.25) is 0 Å². The van der Waals surface area contributed by atoms with Gasteiger partial charge >= 0.3 is 0 Å². The van der Waals surface area contributed by atoms with Crippen LogP contribution in [0.25, 0.3) is 0 Å². The molecule has 0 unspecified atom stereocenters. The minimum absolute atomic E-state index is 0.188. The van der Waals surface area contributed by atoms with Gasteiger partial charge in [0, 0.05) is 25.4 Å². The number of nitrogens with zero attached hydrogens (tertiary/aromatic N) is 3. The molecule has 0 atom stereocenters. The van der Waals surface area contributed by atoms with Crippen molar-refractivity contribution in [2.24, 2.45) is 5.92 Å². The first-order chi connectivity index (χ1) is 11.7. The van der Waals surface area contributed by atoms with Gasteiger partial charge in [0.2, 0.25) is 5.91 Å². The Bertz CT molecular complexity index is 729. The Morgan fingerprint density at radius 1 is 1.33 bits per heavy atom. The fourth-order valence-corrected chi connectivity index (χ4v) is 3.23. The average Bonchev–Trinajstić information content (AvgIpc) is 3.23. The highest BCUT2D eigenvalue weighted by atomic mass is 16.3. The van der Waals surface area contributed by atoms with Crippen molar-refractivity contribution in [2.45, 2.75) is 52.4 Å². The molecule has 6 nitrogen and oxygen atoms in total. The molecule has 1 N–H and O–H groups in total. The lowest BCUT2D eigenvalue weighted by Gasteiger charge is -2.27. The van der Waals surface area contributed by atoms with E-state index in [0.717, 1.165) is 68.5 Å². The number of amides is 1. The second-order valence-corrected chi connectivity index (χ2v) is 6.74. The molecule has 1 fully saturated rings. The van der Waals surface area contributed by atoms with Gasteiger partial charge in [-0.3, -0.25) is 9.69 Å². The largest absolute Gasteiger partial charge is 0.465 e. The van der Waals surface area contributed by atoms with Crippen LogP contribution in [0.1, 0.15) is 42.8 Å². The smallest absolute Gasteiger partial charge is 0.223 e. The Morgan fingerprint density at radius 3 is 2.92 bits per heavy atom. The Balaban J connectivity index is 1.36. The van der Waals surface area contributed by atoms with Gasteiger partial charge in [-0.25, -0.2) is 4.98 Å². The van der Waals surface area contributed by atoms with Crippen molar-refractivity contribution >= 4 is 5.91 Å². The van der Waals surface area contributed by atoms with Crippen LogP contribution < -0.4 is 5.32 Å². The first-order valence-corrected chi connectivity index (χ1v) is 8.84. The number of nitrogens with one attached hydrogen (secondary N) is 1. The van der Waals surface area contributed by atoms with E-state index in [1.807, 2.05) is 6.20 Å². The summed E-state index contributed by atoms with van der Waals surface area (Å²) >= 11 is 0. The molecule has 1 aliphatic heterocycles. The zero-order valence-corrected chi connectivity index (χ0v) is 14.1. The van der Waals surface area contributed by atoms with E-state index >= 15 is 0 Å². The lowest BCUT2D eigenvalue weighted by atomic mass is 10.3. The predicted molar refractivity (Wildman–Crippen MR) is 89.0 cm³/mol. The molecule has 2 aromatic rings. The normalized spacial score (nSPS) is 17.7. The maximum Gasteiger partial charge on any atom is 0.223 e. The van der Waals surface area contributed by atoms with Gasteiger partial charge in [-0.15, -0.1) is 0 Å². The Labute approximate surface area is 141 Å². The van der Waals surface area contributed by atoms with E-state index in [0.29, 0.717) is 6.54 Å². The highest BCUT2D eigenvalue weighted by Gasteiger charge is 2.29. The SMILES string of the molecule is CCc1ccc(CN2CCn3c(CNC(=O)C4CC4)cnc3C2)o1. The Kier molecular flexibility index (Phi) is 4.14. The minimum atomic E-state index is 0.188. The monoisotopic (exact) mass is 328 g/mol. The third kappa shape index (κ3) is 3.24. The first kappa shape index (κ1) is 15.4. The third-order valence-electron chi connectivity index (χ3n) is 4.86. The van der Waals surface area contributed by atoms with E-state index in [2.05, 4.69) is 38.8 Å². The summed E-state index contributed by atoms with van der Waals surface area (Å²) in [5.41, 5.74) is 1.10. The number of aromatic nitrogens is 2. The fourth-order valence-electron chi connectivity index (χ4n) is 3.23. The molecule has 2 aliphatic rings. The maximum atomic E-state index is 11.8. The van der Waals surface area contributed by atoms with E-state index in [4.69, 9.17) is 4.42 Å². The van der Waals surface area contributed by atoms with Crippen LogP contribution in [0, 0.1) is 5.92 Å². The van der Waals surface area contributed by atoms with Crippen LogP contribution in [0.5, 0.6) is 0 Å². The van der Waals surface area contributed by atoms with Crippen LogP contribution in [-0.4, -0.2) is 26.9 Å². The molecule has 0 radical (unpaired) electrons. The summed E-state index contributed by atoms with van der Waals surface area (Å²) in [6.07, 6.45) is 4.91. The summed E-state index contributed by atoms with van der Waals surface area (Å²) < 4.78 is 8.04. The van der Waals surface area contributed by atoms with E-state index in [-0.39, 0.29) is 11.8 Å². The summed E-state index contributed by atoms with van der Waals surface area (Å²) in [6.45, 7) is 6.20. The second-order valence-electron chi connectivity index (χ2n) is 6.74. The molecule has 3 heterocycles. The van der Waals surface area contributed by atoms with Crippen LogP contribution in [0.15, 0.2) is 22.7 Å². The topological polar surface area (TPSA) is 63.3 Å². The van der Waals surface area contributed by atoms with E-state index in [1.165, 1.54) is 0 Å². The van der Waals surface area contributed by atoms with Crippen molar-refractivity contribution in [3.63, 3.8) is 0 Å². The molecule has 4 rings (SSSR count). The number of hydrogen-bond donors (Lipinski definition) is 1. The lowest BCUT2D eigenvalue weighted by Crippen LogP contribution is -2.34. The van der Waals surface area contributed by atoms with Gasteiger partial charge < -0.3 is 14.3 Å². The Hall–Kier alpha value is -2.08. The van der Waals surface area contributed by atoms with Gasteiger partial charge in [-0.05, 0) is 25.0 Å². The molecular formula is C18H24N4O2. The number of rotatable bonds is 6. The van der Waals surface area contributed by atoms with E-state index in [1.54, 1.807) is 0 Å². The predicted octanol–water partition coefficient (Wildman–Crippen LogP) is 2.08. The molecule has 1 amide bonds. The molecule has 6 heteroatoms. The van der Waals surface area contributed by atoms with Gasteiger partial charge in [0.1, 0.15) is 17.3 Å². The maximum absolute atomic E-state index is 11.8. The van der Waals surface area contributed by atoms with E-state index in [9.17, 15) is 4.79 Å². The van der Waals surface area contributed by atoms with Crippen LogP contribution in [-0.2, 0) is 37.4 Å². The number of furan rings is 1. The third-order valence-corrected chi connectivity index (χ3v) is 4.86. The van der Waals surface area contributed by atoms with Gasteiger partial charge in [0.15, 0.2) is 0 Å². The first-order valence-electron chi connectivity index (χ1n) is 8.84. The molecule has 24 heavy (non-hydrogen) atoms. The van der Waals surface area contributed by atoms with Crippen molar-refractivity contribution in [2.75, 3.05) is 6.54 Å². The quantitative estimate of drug-likeness (QED) is 0.882. The van der Waals surface area contributed by atoms with Crippen molar-refractivity contribution in [3.05, 3.63) is 41.4 Å². The molecule has 0 saturated heterocycles. The van der Waals surface area contributed by atoms with Crippen LogP contribution in [0.4, 0.5) is 0 Å². The zero-order chi connectivity index (χ0) is 16.5. The average molecular weight is 328 g/mol. The molecule has 0 bridgehead atoms. The van der Waals surface area contributed by atoms with Gasteiger partial charge in [0.25, 0.3) is 0 Å². The number of fused-ring (bicyclic) bond motifs is 1.